The van der Waals surface area contributed by atoms with Crippen molar-refractivity contribution in [2.24, 2.45) is 5.73 Å². The SMILES string of the molecule is Cl.N[C@H](c1ccc(Cl)nc1)c1cccs1. The van der Waals surface area contributed by atoms with Crippen LogP contribution >= 0.6 is 35.3 Å². The van der Waals surface area contributed by atoms with E-state index >= 15 is 0 Å². The number of thiophene rings is 1. The molecule has 2 aromatic rings. The minimum atomic E-state index is -0.0974. The molecule has 2 aromatic heterocycles. The summed E-state index contributed by atoms with van der Waals surface area (Å²) in [4.78, 5) is 5.13. The summed E-state index contributed by atoms with van der Waals surface area (Å²) in [6.45, 7) is 0. The summed E-state index contributed by atoms with van der Waals surface area (Å²) < 4.78 is 0. The summed E-state index contributed by atoms with van der Waals surface area (Å²) >= 11 is 7.34. The molecule has 2 heterocycles. The summed E-state index contributed by atoms with van der Waals surface area (Å²) in [5.41, 5.74) is 7.02. The molecule has 0 unspecified atom stereocenters. The van der Waals surface area contributed by atoms with Crippen LogP contribution in [-0.2, 0) is 0 Å². The van der Waals surface area contributed by atoms with Gasteiger partial charge in [0.05, 0.1) is 6.04 Å². The molecule has 0 aliphatic heterocycles. The topological polar surface area (TPSA) is 38.9 Å². The maximum absolute atomic E-state index is 6.04. The van der Waals surface area contributed by atoms with Gasteiger partial charge in [-0.3, -0.25) is 0 Å². The van der Waals surface area contributed by atoms with E-state index in [1.165, 1.54) is 0 Å². The lowest BCUT2D eigenvalue weighted by atomic mass is 10.1. The molecule has 5 heteroatoms. The lowest BCUT2D eigenvalue weighted by molar-refractivity contribution is 0.884. The van der Waals surface area contributed by atoms with Crippen LogP contribution in [0.25, 0.3) is 0 Å². The zero-order chi connectivity index (χ0) is 9.97. The van der Waals surface area contributed by atoms with Gasteiger partial charge in [0.25, 0.3) is 0 Å². The Kier molecular flexibility index (Phi) is 4.54. The lowest BCUT2D eigenvalue weighted by Crippen LogP contribution is -2.10. The second-order valence-corrected chi connectivity index (χ2v) is 4.27. The predicted molar refractivity (Wildman–Crippen MR) is 66.8 cm³/mol. The van der Waals surface area contributed by atoms with Crippen LogP contribution in [0.15, 0.2) is 35.8 Å². The van der Waals surface area contributed by atoms with Gasteiger partial charge in [0.2, 0.25) is 0 Å². The van der Waals surface area contributed by atoms with E-state index in [1.807, 2.05) is 23.6 Å². The van der Waals surface area contributed by atoms with Crippen LogP contribution in [-0.4, -0.2) is 4.98 Å². The first-order valence-electron chi connectivity index (χ1n) is 4.18. The number of aromatic nitrogens is 1. The molecule has 0 aromatic carbocycles. The summed E-state index contributed by atoms with van der Waals surface area (Å²) in [7, 11) is 0. The Morgan fingerprint density at radius 2 is 2.13 bits per heavy atom. The van der Waals surface area contributed by atoms with Crippen LogP contribution < -0.4 is 5.73 Å². The zero-order valence-corrected chi connectivity index (χ0v) is 10.1. The van der Waals surface area contributed by atoms with Crippen LogP contribution in [0.5, 0.6) is 0 Å². The van der Waals surface area contributed by atoms with E-state index in [0.29, 0.717) is 5.15 Å². The van der Waals surface area contributed by atoms with Gasteiger partial charge in [0.15, 0.2) is 0 Å². The molecule has 2 rings (SSSR count). The van der Waals surface area contributed by atoms with Crippen LogP contribution in [0, 0.1) is 0 Å². The van der Waals surface area contributed by atoms with Gasteiger partial charge in [-0.1, -0.05) is 23.7 Å². The van der Waals surface area contributed by atoms with Gasteiger partial charge in [0.1, 0.15) is 5.15 Å². The van der Waals surface area contributed by atoms with E-state index in [1.54, 1.807) is 23.6 Å². The van der Waals surface area contributed by atoms with Crippen LogP contribution in [0.1, 0.15) is 16.5 Å². The molecule has 0 spiro atoms. The quantitative estimate of drug-likeness (QED) is 0.842. The lowest BCUT2D eigenvalue weighted by Gasteiger charge is -2.08. The Hall–Kier alpha value is -0.610. The van der Waals surface area contributed by atoms with Crippen molar-refractivity contribution in [2.45, 2.75) is 6.04 Å². The van der Waals surface area contributed by atoms with E-state index in [0.717, 1.165) is 10.4 Å². The third-order valence-electron chi connectivity index (χ3n) is 1.96. The fourth-order valence-corrected chi connectivity index (χ4v) is 2.07. The van der Waals surface area contributed by atoms with Crippen molar-refractivity contribution in [3.8, 4) is 0 Å². The molecule has 0 aliphatic carbocycles. The Balaban J connectivity index is 0.00000112. The average Bonchev–Trinajstić information content (AvgIpc) is 2.71. The first-order chi connectivity index (χ1) is 6.77. The second-order valence-electron chi connectivity index (χ2n) is 2.91. The van der Waals surface area contributed by atoms with E-state index in [9.17, 15) is 0 Å². The normalized spacial score (nSPS) is 11.9. The molecule has 80 valence electrons. The highest BCUT2D eigenvalue weighted by molar-refractivity contribution is 7.10. The molecule has 0 bridgehead atoms. The number of pyridine rings is 1. The molecule has 1 atom stereocenters. The largest absolute Gasteiger partial charge is 0.320 e. The first kappa shape index (κ1) is 12.5. The molecular weight excluding hydrogens is 251 g/mol. The van der Waals surface area contributed by atoms with Gasteiger partial charge in [0, 0.05) is 11.1 Å². The molecule has 2 N–H and O–H groups in total. The fraction of sp³-hybridized carbons (Fsp3) is 0.100. The number of hydrogen-bond donors (Lipinski definition) is 1. The summed E-state index contributed by atoms with van der Waals surface area (Å²) in [6.07, 6.45) is 1.72. The zero-order valence-electron chi connectivity index (χ0n) is 7.76. The Morgan fingerprint density at radius 1 is 1.33 bits per heavy atom. The molecular formula is C10H10Cl2N2S. The third-order valence-corrected chi connectivity index (χ3v) is 3.14. The van der Waals surface area contributed by atoms with E-state index in [4.69, 9.17) is 17.3 Å². The van der Waals surface area contributed by atoms with Crippen LogP contribution in [0.3, 0.4) is 0 Å². The third kappa shape index (κ3) is 2.92. The van der Waals surface area contributed by atoms with Gasteiger partial charge in [-0.15, -0.1) is 23.7 Å². The number of nitrogens with zero attached hydrogens (tertiary/aromatic N) is 1. The van der Waals surface area contributed by atoms with Crippen molar-refractivity contribution in [1.29, 1.82) is 0 Å². The highest BCUT2D eigenvalue weighted by Gasteiger charge is 2.09. The Labute approximate surface area is 104 Å². The summed E-state index contributed by atoms with van der Waals surface area (Å²) in [6, 6.07) is 7.57. The predicted octanol–water partition coefficient (Wildman–Crippen LogP) is 3.27. The molecule has 2 nitrogen and oxygen atoms in total. The van der Waals surface area contributed by atoms with E-state index in [-0.39, 0.29) is 18.4 Å². The minimum Gasteiger partial charge on any atom is -0.320 e. The molecule has 0 radical (unpaired) electrons. The summed E-state index contributed by atoms with van der Waals surface area (Å²) in [5, 5.41) is 2.51. The van der Waals surface area contributed by atoms with Gasteiger partial charge >= 0.3 is 0 Å². The molecule has 0 aliphatic rings. The number of rotatable bonds is 2. The first-order valence-corrected chi connectivity index (χ1v) is 5.43. The van der Waals surface area contributed by atoms with Crippen molar-refractivity contribution in [3.63, 3.8) is 0 Å². The van der Waals surface area contributed by atoms with Crippen molar-refractivity contribution < 1.29 is 0 Å². The minimum absolute atomic E-state index is 0. The fourth-order valence-electron chi connectivity index (χ4n) is 1.20. The van der Waals surface area contributed by atoms with Gasteiger partial charge < -0.3 is 5.73 Å². The van der Waals surface area contributed by atoms with Crippen LogP contribution in [0.2, 0.25) is 5.15 Å². The maximum Gasteiger partial charge on any atom is 0.129 e. The average molecular weight is 261 g/mol. The Bertz CT molecular complexity index is 400. The highest BCUT2D eigenvalue weighted by Crippen LogP contribution is 2.23. The van der Waals surface area contributed by atoms with Crippen LogP contribution in [0.4, 0.5) is 0 Å². The standard InChI is InChI=1S/C10H9ClN2S.ClH/c11-9-4-3-7(6-13-9)10(12)8-2-1-5-14-8;/h1-6,10H,12H2;1H/t10-;/m1./s1. The Morgan fingerprint density at radius 3 is 2.67 bits per heavy atom. The van der Waals surface area contributed by atoms with E-state index < -0.39 is 0 Å². The highest BCUT2D eigenvalue weighted by atomic mass is 35.5. The van der Waals surface area contributed by atoms with Gasteiger partial charge in [-0.2, -0.15) is 0 Å². The molecule has 0 fully saturated rings. The monoisotopic (exact) mass is 260 g/mol. The van der Waals surface area contributed by atoms with E-state index in [2.05, 4.69) is 4.98 Å². The number of halogens is 2. The van der Waals surface area contributed by atoms with Crippen molar-refractivity contribution in [2.75, 3.05) is 0 Å². The maximum atomic E-state index is 6.04. The molecule has 0 saturated heterocycles. The molecule has 15 heavy (non-hydrogen) atoms. The van der Waals surface area contributed by atoms with Gasteiger partial charge in [-0.05, 0) is 23.1 Å². The molecule has 0 saturated carbocycles. The van der Waals surface area contributed by atoms with Gasteiger partial charge in [-0.25, -0.2) is 4.98 Å². The smallest absolute Gasteiger partial charge is 0.129 e. The second kappa shape index (κ2) is 5.47. The summed E-state index contributed by atoms with van der Waals surface area (Å²) in [5.74, 6) is 0. The van der Waals surface area contributed by atoms with Crippen molar-refractivity contribution in [1.82, 2.24) is 4.98 Å². The molecule has 0 amide bonds. The van der Waals surface area contributed by atoms with Crippen molar-refractivity contribution in [3.05, 3.63) is 51.4 Å². The number of hydrogen-bond acceptors (Lipinski definition) is 3. The number of nitrogens with two attached hydrogens (primary N) is 1. The van der Waals surface area contributed by atoms with Crippen molar-refractivity contribution >= 4 is 35.3 Å².